The van der Waals surface area contributed by atoms with Crippen molar-refractivity contribution in [1.82, 2.24) is 5.32 Å². The summed E-state index contributed by atoms with van der Waals surface area (Å²) in [4.78, 5) is 1.35. The molecule has 2 nitrogen and oxygen atoms in total. The van der Waals surface area contributed by atoms with Crippen LogP contribution in [0.5, 0.6) is 0 Å². The van der Waals surface area contributed by atoms with Gasteiger partial charge in [-0.2, -0.15) is 0 Å². The van der Waals surface area contributed by atoms with Crippen LogP contribution in [0.3, 0.4) is 0 Å². The Bertz CT molecular complexity index is 198. The lowest BCUT2D eigenvalue weighted by Gasteiger charge is -2.07. The molecule has 0 spiro atoms. The van der Waals surface area contributed by atoms with E-state index in [9.17, 15) is 0 Å². The Morgan fingerprint density at radius 3 is 3.08 bits per heavy atom. The lowest BCUT2D eigenvalue weighted by Crippen LogP contribution is -2.22. The van der Waals surface area contributed by atoms with Gasteiger partial charge in [-0.1, -0.05) is 13.0 Å². The van der Waals surface area contributed by atoms with Gasteiger partial charge in [-0.05, 0) is 17.4 Å². The fourth-order valence-electron chi connectivity index (χ4n) is 0.919. The van der Waals surface area contributed by atoms with Crippen LogP contribution in [0.25, 0.3) is 0 Å². The Labute approximate surface area is 77.2 Å². The molecule has 0 aromatic carbocycles. The molecule has 3 heteroatoms. The van der Waals surface area contributed by atoms with Crippen LogP contribution < -0.4 is 5.32 Å². The van der Waals surface area contributed by atoms with Gasteiger partial charge >= 0.3 is 0 Å². The van der Waals surface area contributed by atoms with E-state index in [1.54, 1.807) is 11.3 Å². The molecule has 0 bridgehead atoms. The Balaban J connectivity index is 2.11. The average Bonchev–Trinajstić information content (AvgIpc) is 2.57. The van der Waals surface area contributed by atoms with E-state index in [1.165, 1.54) is 4.88 Å². The third-order valence-corrected chi connectivity index (χ3v) is 2.56. The number of aliphatic hydroxyl groups is 1. The van der Waals surface area contributed by atoms with Crippen molar-refractivity contribution in [2.45, 2.75) is 13.5 Å². The first-order chi connectivity index (χ1) is 5.83. The van der Waals surface area contributed by atoms with Crippen molar-refractivity contribution in [2.24, 2.45) is 5.92 Å². The van der Waals surface area contributed by atoms with Crippen LogP contribution in [-0.2, 0) is 6.54 Å². The van der Waals surface area contributed by atoms with Gasteiger partial charge in [-0.25, -0.2) is 0 Å². The Kier molecular flexibility index (Phi) is 4.29. The maximum absolute atomic E-state index is 8.75. The van der Waals surface area contributed by atoms with Gasteiger partial charge in [0.05, 0.1) is 0 Å². The van der Waals surface area contributed by atoms with E-state index >= 15 is 0 Å². The molecule has 12 heavy (non-hydrogen) atoms. The van der Waals surface area contributed by atoms with Gasteiger partial charge in [0.1, 0.15) is 0 Å². The van der Waals surface area contributed by atoms with E-state index in [0.29, 0.717) is 5.92 Å². The third kappa shape index (κ3) is 3.34. The molecule has 0 fully saturated rings. The summed E-state index contributed by atoms with van der Waals surface area (Å²) in [6, 6.07) is 4.17. The van der Waals surface area contributed by atoms with Gasteiger partial charge in [-0.15, -0.1) is 11.3 Å². The summed E-state index contributed by atoms with van der Waals surface area (Å²) >= 11 is 1.76. The molecule has 1 rings (SSSR count). The number of nitrogens with one attached hydrogen (secondary N) is 1. The van der Waals surface area contributed by atoms with E-state index in [0.717, 1.165) is 13.1 Å². The number of rotatable bonds is 5. The van der Waals surface area contributed by atoms with Gasteiger partial charge in [-0.3, -0.25) is 0 Å². The summed E-state index contributed by atoms with van der Waals surface area (Å²) in [6.07, 6.45) is 0. The Hall–Kier alpha value is -0.380. The Morgan fingerprint density at radius 2 is 2.50 bits per heavy atom. The van der Waals surface area contributed by atoms with Crippen molar-refractivity contribution >= 4 is 11.3 Å². The molecule has 0 amide bonds. The SMILES string of the molecule is CC(CO)CNCc1cccs1. The van der Waals surface area contributed by atoms with Crippen LogP contribution in [0.15, 0.2) is 17.5 Å². The summed E-state index contributed by atoms with van der Waals surface area (Å²) in [5, 5.41) is 14.1. The van der Waals surface area contributed by atoms with E-state index < -0.39 is 0 Å². The first-order valence-electron chi connectivity index (χ1n) is 4.17. The molecule has 1 unspecified atom stereocenters. The van der Waals surface area contributed by atoms with E-state index in [-0.39, 0.29) is 6.61 Å². The molecule has 1 aromatic heterocycles. The maximum atomic E-state index is 8.75. The molecule has 2 N–H and O–H groups in total. The van der Waals surface area contributed by atoms with Crippen molar-refractivity contribution in [2.75, 3.05) is 13.2 Å². The first kappa shape index (κ1) is 9.71. The number of hydrogen-bond donors (Lipinski definition) is 2. The lowest BCUT2D eigenvalue weighted by atomic mass is 10.2. The predicted molar refractivity (Wildman–Crippen MR) is 52.3 cm³/mol. The van der Waals surface area contributed by atoms with Gasteiger partial charge in [0.2, 0.25) is 0 Å². The molecule has 0 saturated carbocycles. The zero-order chi connectivity index (χ0) is 8.81. The summed E-state index contributed by atoms with van der Waals surface area (Å²) in [5.74, 6) is 0.352. The molecular formula is C9H15NOS. The molecule has 0 radical (unpaired) electrons. The van der Waals surface area contributed by atoms with Crippen molar-refractivity contribution in [3.63, 3.8) is 0 Å². The zero-order valence-electron chi connectivity index (χ0n) is 7.29. The number of aliphatic hydroxyl groups excluding tert-OH is 1. The molecule has 0 aliphatic carbocycles. The quantitative estimate of drug-likeness (QED) is 0.728. The van der Waals surface area contributed by atoms with Gasteiger partial charge in [0, 0.05) is 24.6 Å². The second kappa shape index (κ2) is 5.30. The third-order valence-electron chi connectivity index (χ3n) is 1.68. The highest BCUT2D eigenvalue weighted by Gasteiger charge is 1.98. The summed E-state index contributed by atoms with van der Waals surface area (Å²) < 4.78 is 0. The smallest absolute Gasteiger partial charge is 0.0468 e. The number of thiophene rings is 1. The number of hydrogen-bond acceptors (Lipinski definition) is 3. The molecule has 68 valence electrons. The fourth-order valence-corrected chi connectivity index (χ4v) is 1.59. The van der Waals surface area contributed by atoms with Gasteiger partial charge in [0.25, 0.3) is 0 Å². The second-order valence-corrected chi connectivity index (χ2v) is 4.03. The molecule has 0 saturated heterocycles. The molecule has 1 atom stereocenters. The van der Waals surface area contributed by atoms with Crippen molar-refractivity contribution in [1.29, 1.82) is 0 Å². The molecular weight excluding hydrogens is 170 g/mol. The summed E-state index contributed by atoms with van der Waals surface area (Å²) in [7, 11) is 0. The highest BCUT2D eigenvalue weighted by Crippen LogP contribution is 2.07. The van der Waals surface area contributed by atoms with Crippen molar-refractivity contribution < 1.29 is 5.11 Å². The van der Waals surface area contributed by atoms with E-state index in [2.05, 4.69) is 22.8 Å². The van der Waals surface area contributed by atoms with E-state index in [1.807, 2.05) is 6.92 Å². The van der Waals surface area contributed by atoms with Crippen LogP contribution in [0.4, 0.5) is 0 Å². The van der Waals surface area contributed by atoms with E-state index in [4.69, 9.17) is 5.11 Å². The molecule has 1 heterocycles. The van der Waals surface area contributed by atoms with Crippen LogP contribution in [0, 0.1) is 5.92 Å². The molecule has 1 aromatic rings. The second-order valence-electron chi connectivity index (χ2n) is 3.00. The van der Waals surface area contributed by atoms with Crippen molar-refractivity contribution in [3.05, 3.63) is 22.4 Å². The van der Waals surface area contributed by atoms with Gasteiger partial charge in [0.15, 0.2) is 0 Å². The summed E-state index contributed by atoms with van der Waals surface area (Å²) in [5.41, 5.74) is 0. The van der Waals surface area contributed by atoms with Crippen molar-refractivity contribution in [3.8, 4) is 0 Å². The largest absolute Gasteiger partial charge is 0.396 e. The van der Waals surface area contributed by atoms with Crippen LogP contribution in [0.1, 0.15) is 11.8 Å². The Morgan fingerprint density at radius 1 is 1.67 bits per heavy atom. The maximum Gasteiger partial charge on any atom is 0.0468 e. The highest BCUT2D eigenvalue weighted by atomic mass is 32.1. The minimum Gasteiger partial charge on any atom is -0.396 e. The topological polar surface area (TPSA) is 32.3 Å². The molecule has 0 aliphatic rings. The zero-order valence-corrected chi connectivity index (χ0v) is 8.10. The monoisotopic (exact) mass is 185 g/mol. The first-order valence-corrected chi connectivity index (χ1v) is 5.05. The average molecular weight is 185 g/mol. The standard InChI is InChI=1S/C9H15NOS/c1-8(7-11)5-10-6-9-3-2-4-12-9/h2-4,8,10-11H,5-7H2,1H3. The van der Waals surface area contributed by atoms with Crippen LogP contribution >= 0.6 is 11.3 Å². The minimum atomic E-state index is 0.261. The normalized spacial score (nSPS) is 13.2. The summed E-state index contributed by atoms with van der Waals surface area (Å²) in [6.45, 7) is 4.09. The molecule has 0 aliphatic heterocycles. The lowest BCUT2D eigenvalue weighted by molar-refractivity contribution is 0.233. The van der Waals surface area contributed by atoms with Crippen LogP contribution in [-0.4, -0.2) is 18.3 Å². The predicted octanol–water partition coefficient (Wildman–Crippen LogP) is 1.47. The van der Waals surface area contributed by atoms with Crippen LogP contribution in [0.2, 0.25) is 0 Å². The minimum absolute atomic E-state index is 0.261. The fraction of sp³-hybridized carbons (Fsp3) is 0.556. The highest BCUT2D eigenvalue weighted by molar-refractivity contribution is 7.09. The van der Waals surface area contributed by atoms with Gasteiger partial charge < -0.3 is 10.4 Å².